The molecule has 9 nitrogen and oxygen atoms in total. The summed E-state index contributed by atoms with van der Waals surface area (Å²) >= 11 is 0. The van der Waals surface area contributed by atoms with Gasteiger partial charge in [0, 0.05) is 43.1 Å². The summed E-state index contributed by atoms with van der Waals surface area (Å²) in [6.07, 6.45) is 1.44. The lowest BCUT2D eigenvalue weighted by molar-refractivity contribution is -0.117. The predicted molar refractivity (Wildman–Crippen MR) is 131 cm³/mol. The van der Waals surface area contributed by atoms with Gasteiger partial charge in [0.15, 0.2) is 0 Å². The molecule has 0 spiro atoms. The van der Waals surface area contributed by atoms with E-state index in [9.17, 15) is 18.0 Å². The van der Waals surface area contributed by atoms with Crippen molar-refractivity contribution in [1.29, 1.82) is 0 Å². The molecule has 182 valence electrons. The van der Waals surface area contributed by atoms with Gasteiger partial charge in [0.25, 0.3) is 0 Å². The van der Waals surface area contributed by atoms with Gasteiger partial charge in [-0.3, -0.25) is 9.59 Å². The van der Waals surface area contributed by atoms with E-state index in [1.807, 2.05) is 24.3 Å². The first-order valence-electron chi connectivity index (χ1n) is 11.4. The van der Waals surface area contributed by atoms with Crippen molar-refractivity contribution in [2.24, 2.45) is 0 Å². The summed E-state index contributed by atoms with van der Waals surface area (Å²) in [5.41, 5.74) is 2.63. The van der Waals surface area contributed by atoms with E-state index in [0.717, 1.165) is 24.3 Å². The van der Waals surface area contributed by atoms with E-state index in [0.29, 0.717) is 44.0 Å². The van der Waals surface area contributed by atoms with Gasteiger partial charge in [-0.15, -0.1) is 0 Å². The van der Waals surface area contributed by atoms with Gasteiger partial charge in [-0.05, 0) is 62.2 Å². The lowest BCUT2D eigenvalue weighted by Gasteiger charge is -2.27. The van der Waals surface area contributed by atoms with Gasteiger partial charge < -0.3 is 20.3 Å². The zero-order chi connectivity index (χ0) is 24.3. The standard InChI is InChI=1S/C24H30N4O5S/c1-17-5-6-20(16-22(17)34(31,32)27-12-14-33-15-13-27)26-24(30)18(2)25-19-7-9-21(10-8-19)28-11-3-4-23(28)29/h5-10,16,18,25H,3-4,11-15H2,1-2H3,(H,26,30)/t18-/m0/s1. The molecule has 2 fully saturated rings. The van der Waals surface area contributed by atoms with E-state index in [-0.39, 0.29) is 16.7 Å². The number of carbonyl (C=O) groups excluding carboxylic acids is 2. The average molecular weight is 487 g/mol. The predicted octanol–water partition coefficient (Wildman–Crippen LogP) is 2.58. The monoisotopic (exact) mass is 486 g/mol. The molecule has 2 amide bonds. The van der Waals surface area contributed by atoms with E-state index in [2.05, 4.69) is 10.6 Å². The van der Waals surface area contributed by atoms with Crippen molar-refractivity contribution in [2.45, 2.75) is 37.6 Å². The van der Waals surface area contributed by atoms with Crippen LogP contribution in [-0.4, -0.2) is 63.4 Å². The van der Waals surface area contributed by atoms with E-state index >= 15 is 0 Å². The SMILES string of the molecule is Cc1ccc(NC(=O)[C@H](C)Nc2ccc(N3CCCC3=O)cc2)cc1S(=O)(=O)N1CCOCC1. The Morgan fingerprint density at radius 3 is 2.35 bits per heavy atom. The summed E-state index contributed by atoms with van der Waals surface area (Å²) in [5.74, 6) is -0.168. The molecule has 0 aliphatic carbocycles. The number of benzene rings is 2. The molecule has 1 atom stereocenters. The average Bonchev–Trinajstić information content (AvgIpc) is 3.27. The maximum atomic E-state index is 13.1. The van der Waals surface area contributed by atoms with Crippen molar-refractivity contribution >= 4 is 38.9 Å². The Bertz CT molecular complexity index is 1160. The van der Waals surface area contributed by atoms with E-state index < -0.39 is 16.1 Å². The number of nitrogens with one attached hydrogen (secondary N) is 2. The summed E-state index contributed by atoms with van der Waals surface area (Å²) in [7, 11) is -3.68. The van der Waals surface area contributed by atoms with Gasteiger partial charge >= 0.3 is 0 Å². The second-order valence-electron chi connectivity index (χ2n) is 8.55. The fourth-order valence-electron chi connectivity index (χ4n) is 4.11. The molecule has 2 N–H and O–H groups in total. The fourth-order valence-corrected chi connectivity index (χ4v) is 5.77. The first-order valence-corrected chi connectivity index (χ1v) is 12.9. The molecule has 34 heavy (non-hydrogen) atoms. The van der Waals surface area contributed by atoms with Crippen molar-refractivity contribution in [2.75, 3.05) is 48.4 Å². The third kappa shape index (κ3) is 5.24. The topological polar surface area (TPSA) is 108 Å². The number of hydrogen-bond donors (Lipinski definition) is 2. The zero-order valence-corrected chi connectivity index (χ0v) is 20.2. The molecule has 0 bridgehead atoms. The number of rotatable bonds is 7. The van der Waals surface area contributed by atoms with Crippen molar-refractivity contribution in [1.82, 2.24) is 4.31 Å². The molecule has 4 rings (SSSR count). The van der Waals surface area contributed by atoms with Gasteiger partial charge in [0.1, 0.15) is 6.04 Å². The summed E-state index contributed by atoms with van der Waals surface area (Å²) in [4.78, 5) is 26.6. The van der Waals surface area contributed by atoms with Crippen molar-refractivity contribution < 1.29 is 22.7 Å². The highest BCUT2D eigenvalue weighted by atomic mass is 32.2. The number of morpholine rings is 1. The second kappa shape index (κ2) is 10.1. The van der Waals surface area contributed by atoms with Crippen molar-refractivity contribution in [3.63, 3.8) is 0 Å². The molecule has 0 saturated carbocycles. The highest BCUT2D eigenvalue weighted by Gasteiger charge is 2.28. The molecular weight excluding hydrogens is 456 g/mol. The number of nitrogens with zero attached hydrogens (tertiary/aromatic N) is 2. The zero-order valence-electron chi connectivity index (χ0n) is 19.4. The number of amides is 2. The smallest absolute Gasteiger partial charge is 0.246 e. The molecule has 2 heterocycles. The van der Waals surface area contributed by atoms with E-state index in [1.54, 1.807) is 30.9 Å². The van der Waals surface area contributed by atoms with Crippen LogP contribution < -0.4 is 15.5 Å². The number of hydrogen-bond acceptors (Lipinski definition) is 6. The molecule has 2 aliphatic heterocycles. The Morgan fingerprint density at radius 2 is 1.71 bits per heavy atom. The number of aryl methyl sites for hydroxylation is 1. The molecule has 2 saturated heterocycles. The Kier molecular flexibility index (Phi) is 7.20. The minimum Gasteiger partial charge on any atom is -0.379 e. The minimum absolute atomic E-state index is 0.126. The first kappa shape index (κ1) is 24.2. The van der Waals surface area contributed by atoms with Crippen LogP contribution in [0.2, 0.25) is 0 Å². The summed E-state index contributed by atoms with van der Waals surface area (Å²) in [6, 6.07) is 11.7. The van der Waals surface area contributed by atoms with Crippen LogP contribution in [0.4, 0.5) is 17.1 Å². The number of ether oxygens (including phenoxy) is 1. The van der Waals surface area contributed by atoms with Gasteiger partial charge in [0.2, 0.25) is 21.8 Å². The quantitative estimate of drug-likeness (QED) is 0.623. The van der Waals surface area contributed by atoms with Crippen LogP contribution in [0, 0.1) is 6.92 Å². The molecule has 0 unspecified atom stereocenters. The van der Waals surface area contributed by atoms with Gasteiger partial charge in [0.05, 0.1) is 18.1 Å². The highest BCUT2D eigenvalue weighted by molar-refractivity contribution is 7.89. The third-order valence-corrected chi connectivity index (χ3v) is 8.11. The lowest BCUT2D eigenvalue weighted by atomic mass is 10.2. The normalized spacial score (nSPS) is 18.1. The van der Waals surface area contributed by atoms with Crippen LogP contribution in [0.15, 0.2) is 47.4 Å². The Labute approximate surface area is 200 Å². The van der Waals surface area contributed by atoms with Gasteiger partial charge in [-0.1, -0.05) is 6.07 Å². The summed E-state index contributed by atoms with van der Waals surface area (Å²) in [6.45, 7) is 5.55. The molecule has 0 radical (unpaired) electrons. The molecule has 10 heteroatoms. The maximum Gasteiger partial charge on any atom is 0.246 e. The van der Waals surface area contributed by atoms with Gasteiger partial charge in [-0.2, -0.15) is 4.31 Å². The van der Waals surface area contributed by atoms with Crippen LogP contribution in [0.5, 0.6) is 0 Å². The van der Waals surface area contributed by atoms with Crippen LogP contribution in [0.1, 0.15) is 25.3 Å². The molecule has 2 aromatic rings. The fraction of sp³-hybridized carbons (Fsp3) is 0.417. The van der Waals surface area contributed by atoms with Crippen molar-refractivity contribution in [3.8, 4) is 0 Å². The third-order valence-electron chi connectivity index (χ3n) is 6.07. The Hall–Kier alpha value is -2.95. The minimum atomic E-state index is -3.68. The highest BCUT2D eigenvalue weighted by Crippen LogP contribution is 2.25. The maximum absolute atomic E-state index is 13.1. The summed E-state index contributed by atoms with van der Waals surface area (Å²) in [5, 5.41) is 5.95. The van der Waals surface area contributed by atoms with E-state index in [4.69, 9.17) is 4.74 Å². The second-order valence-corrected chi connectivity index (χ2v) is 10.5. The Morgan fingerprint density at radius 1 is 1.03 bits per heavy atom. The van der Waals surface area contributed by atoms with Gasteiger partial charge in [-0.25, -0.2) is 8.42 Å². The number of carbonyl (C=O) groups is 2. The molecule has 2 aliphatic rings. The largest absolute Gasteiger partial charge is 0.379 e. The number of sulfonamides is 1. The molecule has 2 aromatic carbocycles. The van der Waals surface area contributed by atoms with Crippen molar-refractivity contribution in [3.05, 3.63) is 48.0 Å². The van der Waals surface area contributed by atoms with Crippen LogP contribution in [0.25, 0.3) is 0 Å². The lowest BCUT2D eigenvalue weighted by Crippen LogP contribution is -2.40. The Balaban J connectivity index is 1.41. The van der Waals surface area contributed by atoms with E-state index in [1.165, 1.54) is 10.4 Å². The first-order chi connectivity index (χ1) is 16.3. The molecular formula is C24H30N4O5S. The van der Waals surface area contributed by atoms with Crippen LogP contribution in [-0.2, 0) is 24.3 Å². The summed E-state index contributed by atoms with van der Waals surface area (Å²) < 4.78 is 32.8. The van der Waals surface area contributed by atoms with Crippen LogP contribution in [0.3, 0.4) is 0 Å². The molecule has 0 aromatic heterocycles. The number of anilines is 3. The van der Waals surface area contributed by atoms with Crippen LogP contribution >= 0.6 is 0 Å².